The topological polar surface area (TPSA) is 59.9 Å². The Bertz CT molecular complexity index is 432. The fourth-order valence-electron chi connectivity index (χ4n) is 1.23. The van der Waals surface area contributed by atoms with Crippen molar-refractivity contribution in [2.24, 2.45) is 5.16 Å². The van der Waals surface area contributed by atoms with Crippen LogP contribution in [0, 0.1) is 0 Å². The second kappa shape index (κ2) is 8.50. The Kier molecular flexibility index (Phi) is 6.92. The second-order valence-corrected chi connectivity index (χ2v) is 4.22. The minimum Gasteiger partial charge on any atom is -0.462 e. The molecular formula is C13H17ClN2O3. The van der Waals surface area contributed by atoms with Crippen LogP contribution >= 0.6 is 11.6 Å². The highest BCUT2D eigenvalue weighted by Gasteiger charge is 2.03. The Labute approximate surface area is 117 Å². The van der Waals surface area contributed by atoms with Crippen molar-refractivity contribution in [3.05, 3.63) is 34.9 Å². The highest BCUT2D eigenvalue weighted by molar-refractivity contribution is 6.30. The van der Waals surface area contributed by atoms with Crippen LogP contribution in [-0.4, -0.2) is 38.5 Å². The van der Waals surface area contributed by atoms with Crippen LogP contribution in [0.3, 0.4) is 0 Å². The van der Waals surface area contributed by atoms with E-state index in [1.54, 1.807) is 26.1 Å². The van der Waals surface area contributed by atoms with Crippen LogP contribution < -0.4 is 5.32 Å². The molecule has 1 aromatic carbocycles. The van der Waals surface area contributed by atoms with Crippen LogP contribution in [0.1, 0.15) is 12.5 Å². The van der Waals surface area contributed by atoms with Gasteiger partial charge < -0.3 is 14.9 Å². The first kappa shape index (κ1) is 15.5. The first-order valence-corrected chi connectivity index (χ1v) is 6.24. The van der Waals surface area contributed by atoms with E-state index in [2.05, 4.69) is 10.5 Å². The van der Waals surface area contributed by atoms with Crippen molar-refractivity contribution >= 4 is 23.3 Å². The number of carbonyl (C=O) groups is 1. The Hall–Kier alpha value is -1.59. The SMILES string of the molecule is CNCCOC(=O)CO/N=C(\C)c1ccc(Cl)cc1. The Balaban J connectivity index is 2.35. The molecule has 5 nitrogen and oxygen atoms in total. The largest absolute Gasteiger partial charge is 0.462 e. The van der Waals surface area contributed by atoms with Gasteiger partial charge in [0.1, 0.15) is 6.61 Å². The molecule has 0 saturated carbocycles. The lowest BCUT2D eigenvalue weighted by molar-refractivity contribution is -0.148. The zero-order valence-electron chi connectivity index (χ0n) is 11.0. The summed E-state index contributed by atoms with van der Waals surface area (Å²) in [6.07, 6.45) is 0. The van der Waals surface area contributed by atoms with Crippen LogP contribution in [0.25, 0.3) is 0 Å². The molecule has 1 aromatic rings. The number of hydrogen-bond acceptors (Lipinski definition) is 5. The van der Waals surface area contributed by atoms with Crippen molar-refractivity contribution in [3.8, 4) is 0 Å². The van der Waals surface area contributed by atoms with Gasteiger partial charge in [-0.05, 0) is 31.7 Å². The number of benzene rings is 1. The predicted octanol–water partition coefficient (Wildman–Crippen LogP) is 1.84. The summed E-state index contributed by atoms with van der Waals surface area (Å²) in [4.78, 5) is 16.2. The summed E-state index contributed by atoms with van der Waals surface area (Å²) in [7, 11) is 1.78. The van der Waals surface area contributed by atoms with E-state index in [4.69, 9.17) is 21.2 Å². The maximum Gasteiger partial charge on any atom is 0.347 e. The molecule has 0 spiro atoms. The fourth-order valence-corrected chi connectivity index (χ4v) is 1.36. The van der Waals surface area contributed by atoms with Gasteiger partial charge in [0.25, 0.3) is 0 Å². The highest BCUT2D eigenvalue weighted by Crippen LogP contribution is 2.10. The Morgan fingerprint density at radius 3 is 2.68 bits per heavy atom. The van der Waals surface area contributed by atoms with E-state index >= 15 is 0 Å². The third-order valence-corrected chi connectivity index (χ3v) is 2.51. The summed E-state index contributed by atoms with van der Waals surface area (Å²) < 4.78 is 4.87. The quantitative estimate of drug-likeness (QED) is 0.359. The minimum atomic E-state index is -0.442. The molecule has 0 atom stereocenters. The second-order valence-electron chi connectivity index (χ2n) is 3.78. The lowest BCUT2D eigenvalue weighted by atomic mass is 10.1. The average molecular weight is 285 g/mol. The zero-order valence-corrected chi connectivity index (χ0v) is 11.7. The summed E-state index contributed by atoms with van der Waals surface area (Å²) >= 11 is 5.79. The van der Waals surface area contributed by atoms with E-state index in [9.17, 15) is 4.79 Å². The Morgan fingerprint density at radius 2 is 2.05 bits per heavy atom. The van der Waals surface area contributed by atoms with E-state index in [0.717, 1.165) is 5.56 Å². The van der Waals surface area contributed by atoms with Gasteiger partial charge in [0.15, 0.2) is 0 Å². The smallest absolute Gasteiger partial charge is 0.347 e. The predicted molar refractivity (Wildman–Crippen MR) is 74.5 cm³/mol. The number of hydrogen-bond donors (Lipinski definition) is 1. The molecule has 1 N–H and O–H groups in total. The summed E-state index contributed by atoms with van der Waals surface area (Å²) in [6, 6.07) is 7.19. The van der Waals surface area contributed by atoms with E-state index in [1.807, 2.05) is 12.1 Å². The third-order valence-electron chi connectivity index (χ3n) is 2.26. The molecule has 0 aliphatic heterocycles. The number of carbonyl (C=O) groups excluding carboxylic acids is 1. The maximum atomic E-state index is 11.2. The van der Waals surface area contributed by atoms with Crippen molar-refractivity contribution in [2.75, 3.05) is 26.8 Å². The number of oxime groups is 1. The van der Waals surface area contributed by atoms with Crippen molar-refractivity contribution in [1.29, 1.82) is 0 Å². The van der Waals surface area contributed by atoms with Gasteiger partial charge in [-0.1, -0.05) is 28.9 Å². The molecule has 0 amide bonds. The van der Waals surface area contributed by atoms with Gasteiger partial charge in [-0.15, -0.1) is 0 Å². The van der Waals surface area contributed by atoms with Crippen LogP contribution in [-0.2, 0) is 14.4 Å². The molecule has 0 saturated heterocycles. The summed E-state index contributed by atoms with van der Waals surface area (Å²) in [5, 5.41) is 7.37. The van der Waals surface area contributed by atoms with E-state index < -0.39 is 5.97 Å². The number of nitrogens with zero attached hydrogens (tertiary/aromatic N) is 1. The summed E-state index contributed by atoms with van der Waals surface area (Å²) in [5.41, 5.74) is 1.55. The van der Waals surface area contributed by atoms with Crippen LogP contribution in [0.5, 0.6) is 0 Å². The molecule has 0 fully saturated rings. The standard InChI is InChI=1S/C13H17ClN2O3/c1-10(11-3-5-12(14)6-4-11)16-19-9-13(17)18-8-7-15-2/h3-6,15H,7-9H2,1-2H3/b16-10+. The Morgan fingerprint density at radius 1 is 1.37 bits per heavy atom. The molecule has 0 unspecified atom stereocenters. The van der Waals surface area contributed by atoms with Gasteiger partial charge in [-0.2, -0.15) is 0 Å². The molecule has 1 rings (SSSR count). The normalized spacial score (nSPS) is 11.2. The van der Waals surface area contributed by atoms with Crippen molar-refractivity contribution in [2.45, 2.75) is 6.92 Å². The first-order valence-electron chi connectivity index (χ1n) is 5.86. The lowest BCUT2D eigenvalue weighted by Crippen LogP contribution is -2.19. The van der Waals surface area contributed by atoms with E-state index in [1.165, 1.54) is 0 Å². The van der Waals surface area contributed by atoms with Gasteiger partial charge in [0.2, 0.25) is 6.61 Å². The van der Waals surface area contributed by atoms with Crippen LogP contribution in [0.15, 0.2) is 29.4 Å². The van der Waals surface area contributed by atoms with Gasteiger partial charge in [0, 0.05) is 11.6 Å². The van der Waals surface area contributed by atoms with Gasteiger partial charge in [0.05, 0.1) is 5.71 Å². The molecule has 0 aromatic heterocycles. The molecule has 104 valence electrons. The minimum absolute atomic E-state index is 0.200. The molecule has 0 heterocycles. The molecular weight excluding hydrogens is 268 g/mol. The first-order chi connectivity index (χ1) is 9.13. The number of ether oxygens (including phenoxy) is 1. The number of nitrogens with one attached hydrogen (secondary N) is 1. The van der Waals surface area contributed by atoms with Crippen molar-refractivity contribution < 1.29 is 14.4 Å². The average Bonchev–Trinajstić information content (AvgIpc) is 2.39. The molecule has 0 aliphatic carbocycles. The lowest BCUT2D eigenvalue weighted by Gasteiger charge is -2.04. The zero-order chi connectivity index (χ0) is 14.1. The van der Waals surface area contributed by atoms with Crippen LogP contribution in [0.4, 0.5) is 0 Å². The van der Waals surface area contributed by atoms with E-state index in [-0.39, 0.29) is 6.61 Å². The number of rotatable bonds is 7. The van der Waals surface area contributed by atoms with Crippen molar-refractivity contribution in [3.63, 3.8) is 0 Å². The van der Waals surface area contributed by atoms with Gasteiger partial charge in [-0.25, -0.2) is 4.79 Å². The summed E-state index contributed by atoms with van der Waals surface area (Å²) in [6.45, 7) is 2.52. The maximum absolute atomic E-state index is 11.2. The fraction of sp³-hybridized carbons (Fsp3) is 0.385. The number of esters is 1. The third kappa shape index (κ3) is 6.22. The van der Waals surface area contributed by atoms with Gasteiger partial charge >= 0.3 is 5.97 Å². The number of halogens is 1. The molecule has 0 radical (unpaired) electrons. The molecule has 0 bridgehead atoms. The summed E-state index contributed by atoms with van der Waals surface area (Å²) in [5.74, 6) is -0.442. The van der Waals surface area contributed by atoms with E-state index in [0.29, 0.717) is 23.9 Å². The monoisotopic (exact) mass is 284 g/mol. The highest BCUT2D eigenvalue weighted by atomic mass is 35.5. The molecule has 6 heteroatoms. The molecule has 0 aliphatic rings. The van der Waals surface area contributed by atoms with Crippen LogP contribution in [0.2, 0.25) is 5.02 Å². The van der Waals surface area contributed by atoms with Crippen molar-refractivity contribution in [1.82, 2.24) is 5.32 Å². The molecule has 19 heavy (non-hydrogen) atoms. The number of likely N-dealkylation sites (N-methyl/N-ethyl adjacent to an activating group) is 1. The van der Waals surface area contributed by atoms with Gasteiger partial charge in [-0.3, -0.25) is 0 Å².